The molecule has 7 heteroatoms. The Hall–Kier alpha value is -2.34. The molecule has 2 amide bonds. The van der Waals surface area contributed by atoms with Crippen molar-refractivity contribution in [2.75, 3.05) is 25.0 Å². The van der Waals surface area contributed by atoms with Crippen LogP contribution in [0.15, 0.2) is 30.5 Å². The molecule has 1 aromatic heterocycles. The van der Waals surface area contributed by atoms with Crippen LogP contribution >= 0.6 is 11.6 Å². The largest absolute Gasteiger partial charge is 0.370 e. The second-order valence-electron chi connectivity index (χ2n) is 8.47. The minimum Gasteiger partial charge on any atom is -0.370 e. The van der Waals surface area contributed by atoms with Gasteiger partial charge in [-0.25, -0.2) is 0 Å². The molecule has 0 aliphatic carbocycles. The number of benzene rings is 1. The number of hydrogen-bond acceptors (Lipinski definition) is 4. The van der Waals surface area contributed by atoms with Gasteiger partial charge in [-0.15, -0.1) is 0 Å². The van der Waals surface area contributed by atoms with Crippen LogP contribution in [-0.2, 0) is 9.59 Å². The second-order valence-corrected chi connectivity index (χ2v) is 8.91. The number of aromatic nitrogens is 1. The number of rotatable bonds is 2. The zero-order valence-electron chi connectivity index (χ0n) is 16.5. The number of carbonyl (C=O) groups is 2. The Bertz CT molecular complexity index is 980. The van der Waals surface area contributed by atoms with Gasteiger partial charge in [0.15, 0.2) is 0 Å². The number of anilines is 1. The van der Waals surface area contributed by atoms with Gasteiger partial charge in [0, 0.05) is 60.8 Å². The molecule has 3 fully saturated rings. The molecule has 4 atom stereocenters. The number of hydrogen-bond donors (Lipinski definition) is 1. The average molecular weight is 413 g/mol. The Morgan fingerprint density at radius 2 is 2.07 bits per heavy atom. The van der Waals surface area contributed by atoms with Crippen LogP contribution in [0.5, 0.6) is 0 Å². The molecule has 0 radical (unpaired) electrons. The molecule has 3 aliphatic heterocycles. The van der Waals surface area contributed by atoms with E-state index >= 15 is 0 Å². The van der Waals surface area contributed by atoms with E-state index in [0.717, 1.165) is 48.9 Å². The number of fused-ring (bicyclic) bond motifs is 5. The molecule has 29 heavy (non-hydrogen) atoms. The lowest BCUT2D eigenvalue weighted by atomic mass is 9.71. The molecule has 1 N–H and O–H groups in total. The Morgan fingerprint density at radius 1 is 1.24 bits per heavy atom. The van der Waals surface area contributed by atoms with Crippen LogP contribution in [0.3, 0.4) is 0 Å². The highest BCUT2D eigenvalue weighted by molar-refractivity contribution is 6.31. The summed E-state index contributed by atoms with van der Waals surface area (Å²) in [6.45, 7) is 1.65. The number of likely N-dealkylation sites (N-methyl/N-ethyl adjacent to an activating group) is 1. The molecule has 3 aliphatic rings. The van der Waals surface area contributed by atoms with Gasteiger partial charge in [0.05, 0.1) is 5.52 Å². The molecule has 0 saturated carbocycles. The summed E-state index contributed by atoms with van der Waals surface area (Å²) in [5, 5.41) is 4.55. The van der Waals surface area contributed by atoms with Crippen LogP contribution < -0.4 is 10.2 Å². The Kier molecular flexibility index (Phi) is 4.62. The van der Waals surface area contributed by atoms with Crippen molar-refractivity contribution in [2.45, 2.75) is 37.8 Å². The SMILES string of the molecule is CNC(=O)[C@H]1[C@@H]2C[C@@H](CN(c3ccnc4cc(Cl)ccc34)C2)[C@@H]2CCCC(=O)N21. The molecule has 1 aromatic carbocycles. The maximum Gasteiger partial charge on any atom is 0.242 e. The van der Waals surface area contributed by atoms with Crippen LogP contribution in [0.4, 0.5) is 5.69 Å². The topological polar surface area (TPSA) is 65.5 Å². The first kappa shape index (κ1) is 18.7. The molecule has 2 aromatic rings. The van der Waals surface area contributed by atoms with Gasteiger partial charge in [0.1, 0.15) is 6.04 Å². The number of piperidine rings is 3. The number of halogens is 1. The standard InChI is InChI=1S/C22H25ClN4O2/c1-24-22(29)21-14-9-13(18-3-2-4-20(28)27(18)21)11-26(12-14)19-7-8-25-17-10-15(23)5-6-16(17)19/h5-8,10,13-14,18,21H,2-4,9,11-12H2,1H3,(H,24,29)/t13-,14+,18-,21+/m0/s1. The van der Waals surface area contributed by atoms with Crippen molar-refractivity contribution >= 4 is 40.0 Å². The Balaban J connectivity index is 1.54. The first-order chi connectivity index (χ1) is 14.1. The van der Waals surface area contributed by atoms with Gasteiger partial charge < -0.3 is 15.1 Å². The molecule has 3 saturated heterocycles. The molecule has 0 spiro atoms. The second kappa shape index (κ2) is 7.17. The number of carbonyl (C=O) groups excluding carboxylic acids is 2. The van der Waals surface area contributed by atoms with Crippen molar-refractivity contribution < 1.29 is 9.59 Å². The summed E-state index contributed by atoms with van der Waals surface area (Å²) < 4.78 is 0. The maximum atomic E-state index is 12.8. The lowest BCUT2D eigenvalue weighted by Gasteiger charge is -2.56. The monoisotopic (exact) mass is 412 g/mol. The van der Waals surface area contributed by atoms with Gasteiger partial charge in [-0.05, 0) is 49.4 Å². The molecule has 4 heterocycles. The number of pyridine rings is 1. The smallest absolute Gasteiger partial charge is 0.242 e. The van der Waals surface area contributed by atoms with E-state index in [4.69, 9.17) is 11.6 Å². The van der Waals surface area contributed by atoms with Gasteiger partial charge in [-0.1, -0.05) is 11.6 Å². The zero-order valence-corrected chi connectivity index (χ0v) is 17.2. The van der Waals surface area contributed by atoms with Crippen molar-refractivity contribution in [3.8, 4) is 0 Å². The van der Waals surface area contributed by atoms with Gasteiger partial charge >= 0.3 is 0 Å². The van der Waals surface area contributed by atoms with E-state index in [1.807, 2.05) is 29.3 Å². The van der Waals surface area contributed by atoms with Gasteiger partial charge in [0.25, 0.3) is 0 Å². The fraction of sp³-hybridized carbons (Fsp3) is 0.500. The van der Waals surface area contributed by atoms with Crippen molar-refractivity contribution in [3.63, 3.8) is 0 Å². The summed E-state index contributed by atoms with van der Waals surface area (Å²) >= 11 is 6.16. The van der Waals surface area contributed by atoms with Gasteiger partial charge in [-0.3, -0.25) is 14.6 Å². The molecule has 0 unspecified atom stereocenters. The van der Waals surface area contributed by atoms with Crippen LogP contribution in [0, 0.1) is 11.8 Å². The molecule has 152 valence electrons. The van der Waals surface area contributed by atoms with Crippen LogP contribution in [-0.4, -0.2) is 53.9 Å². The number of amides is 2. The van der Waals surface area contributed by atoms with E-state index in [0.29, 0.717) is 17.4 Å². The summed E-state index contributed by atoms with van der Waals surface area (Å²) in [5.74, 6) is 0.612. The fourth-order valence-electron chi connectivity index (χ4n) is 5.72. The minimum atomic E-state index is -0.376. The third-order valence-electron chi connectivity index (χ3n) is 6.88. The summed E-state index contributed by atoms with van der Waals surface area (Å²) in [7, 11) is 1.67. The molecule has 2 bridgehead atoms. The lowest BCUT2D eigenvalue weighted by Crippen LogP contribution is -2.68. The van der Waals surface area contributed by atoms with Crippen molar-refractivity contribution in [1.29, 1.82) is 0 Å². The summed E-state index contributed by atoms with van der Waals surface area (Å²) in [6.07, 6.45) is 5.28. The number of nitrogens with one attached hydrogen (secondary N) is 1. The lowest BCUT2D eigenvalue weighted by molar-refractivity contribution is -0.156. The first-order valence-electron chi connectivity index (χ1n) is 10.4. The average Bonchev–Trinajstić information content (AvgIpc) is 2.73. The first-order valence-corrected chi connectivity index (χ1v) is 10.8. The quantitative estimate of drug-likeness (QED) is 0.823. The van der Waals surface area contributed by atoms with E-state index in [2.05, 4.69) is 21.3 Å². The Labute approximate surface area is 175 Å². The third kappa shape index (κ3) is 3.05. The molecular formula is C22H25ClN4O2. The highest BCUT2D eigenvalue weighted by Gasteiger charge is 2.51. The predicted molar refractivity (Wildman–Crippen MR) is 113 cm³/mol. The minimum absolute atomic E-state index is 0.0399. The third-order valence-corrected chi connectivity index (χ3v) is 7.11. The Morgan fingerprint density at radius 3 is 2.90 bits per heavy atom. The fourth-order valence-corrected chi connectivity index (χ4v) is 5.89. The summed E-state index contributed by atoms with van der Waals surface area (Å²) in [6, 6.07) is 7.64. The predicted octanol–water partition coefficient (Wildman–Crippen LogP) is 2.84. The van der Waals surface area contributed by atoms with Crippen LogP contribution in [0.25, 0.3) is 10.9 Å². The van der Waals surface area contributed by atoms with E-state index in [1.165, 1.54) is 0 Å². The normalized spacial score (nSPS) is 29.0. The highest BCUT2D eigenvalue weighted by Crippen LogP contribution is 2.43. The van der Waals surface area contributed by atoms with Crippen molar-refractivity contribution in [1.82, 2.24) is 15.2 Å². The van der Waals surface area contributed by atoms with Crippen molar-refractivity contribution in [2.24, 2.45) is 11.8 Å². The van der Waals surface area contributed by atoms with Gasteiger partial charge in [0.2, 0.25) is 11.8 Å². The van der Waals surface area contributed by atoms with E-state index in [1.54, 1.807) is 7.05 Å². The number of nitrogens with zero attached hydrogens (tertiary/aromatic N) is 3. The van der Waals surface area contributed by atoms with Crippen molar-refractivity contribution in [3.05, 3.63) is 35.5 Å². The zero-order chi connectivity index (χ0) is 20.1. The van der Waals surface area contributed by atoms with E-state index < -0.39 is 0 Å². The molecule has 5 rings (SSSR count). The summed E-state index contributed by atoms with van der Waals surface area (Å²) in [5.41, 5.74) is 2.01. The maximum absolute atomic E-state index is 12.8. The van der Waals surface area contributed by atoms with Crippen LogP contribution in [0.2, 0.25) is 5.02 Å². The highest BCUT2D eigenvalue weighted by atomic mass is 35.5. The van der Waals surface area contributed by atoms with E-state index in [-0.39, 0.29) is 29.8 Å². The van der Waals surface area contributed by atoms with Gasteiger partial charge in [-0.2, -0.15) is 0 Å². The summed E-state index contributed by atoms with van der Waals surface area (Å²) in [4.78, 5) is 34.4. The molecular weight excluding hydrogens is 388 g/mol. The van der Waals surface area contributed by atoms with E-state index in [9.17, 15) is 9.59 Å². The molecule has 6 nitrogen and oxygen atoms in total. The van der Waals surface area contributed by atoms with Crippen LogP contribution in [0.1, 0.15) is 25.7 Å².